The van der Waals surface area contributed by atoms with Crippen LogP contribution in [0.15, 0.2) is 10.9 Å². The molecule has 0 aliphatic rings. The zero-order chi connectivity index (χ0) is 14.7. The van der Waals surface area contributed by atoms with Gasteiger partial charge in [-0.2, -0.15) is 4.98 Å². The minimum absolute atomic E-state index is 0.121. The Morgan fingerprint density at radius 3 is 2.80 bits per heavy atom. The molecular weight excluding hydrogens is 282 g/mol. The third-order valence-corrected chi connectivity index (χ3v) is 3.81. The van der Waals surface area contributed by atoms with Crippen molar-refractivity contribution < 1.29 is 14.1 Å². The second kappa shape index (κ2) is 5.70. The Morgan fingerprint density at radius 2 is 2.25 bits per heavy atom. The second-order valence-corrected chi connectivity index (χ2v) is 5.00. The number of rotatable bonds is 6. The van der Waals surface area contributed by atoms with Gasteiger partial charge in [0.15, 0.2) is 12.1 Å². The molecule has 20 heavy (non-hydrogen) atoms. The van der Waals surface area contributed by atoms with Crippen molar-refractivity contribution >= 4 is 33.7 Å². The summed E-state index contributed by atoms with van der Waals surface area (Å²) >= 11 is 1.11. The van der Waals surface area contributed by atoms with Crippen LogP contribution in [0.4, 0.5) is 10.7 Å². The maximum atomic E-state index is 11.4. The molecule has 1 amide bonds. The maximum Gasteiger partial charge on any atom is 0.253 e. The molecule has 0 unspecified atom stereocenters. The molecule has 0 aliphatic heterocycles. The lowest BCUT2D eigenvalue weighted by atomic mass is 10.2. The minimum atomic E-state index is -0.674. The van der Waals surface area contributed by atoms with E-state index in [4.69, 9.17) is 16.0 Å². The number of carbonyl (C=O) groups is 2. The van der Waals surface area contributed by atoms with Gasteiger partial charge >= 0.3 is 0 Å². The van der Waals surface area contributed by atoms with Gasteiger partial charge in [0.1, 0.15) is 5.00 Å². The Kier molecular flexibility index (Phi) is 3.99. The molecule has 0 spiro atoms. The molecule has 9 heteroatoms. The van der Waals surface area contributed by atoms with Crippen LogP contribution >= 0.6 is 11.3 Å². The van der Waals surface area contributed by atoms with Gasteiger partial charge in [-0.15, -0.1) is 11.3 Å². The third kappa shape index (κ3) is 2.77. The van der Waals surface area contributed by atoms with Gasteiger partial charge in [0, 0.05) is 19.9 Å². The molecule has 0 aliphatic carbocycles. The molecular formula is C11H13N5O3S. The van der Waals surface area contributed by atoms with Crippen molar-refractivity contribution in [2.75, 3.05) is 17.6 Å². The van der Waals surface area contributed by atoms with Crippen molar-refractivity contribution in [1.82, 2.24) is 10.1 Å². The summed E-state index contributed by atoms with van der Waals surface area (Å²) in [4.78, 5) is 27.0. The number of primary amides is 1. The second-order valence-electron chi connectivity index (χ2n) is 3.98. The molecule has 0 saturated carbocycles. The standard InChI is InChI=1S/C11H13N5O3S/c1-5(17)9-8(12)7(10(13)18)11(20-9)14-3-2-6-15-4-16-19-6/h4,14H,2-3,12H2,1H3,(H2,13,18). The lowest BCUT2D eigenvalue weighted by Crippen LogP contribution is -2.15. The summed E-state index contributed by atoms with van der Waals surface area (Å²) in [7, 11) is 0. The van der Waals surface area contributed by atoms with E-state index in [0.29, 0.717) is 28.7 Å². The van der Waals surface area contributed by atoms with E-state index in [-0.39, 0.29) is 17.0 Å². The number of ketones is 1. The van der Waals surface area contributed by atoms with Crippen LogP contribution in [0.1, 0.15) is 32.8 Å². The first-order valence-corrected chi connectivity index (χ1v) is 6.54. The Labute approximate surface area is 118 Å². The number of nitrogen functional groups attached to an aromatic ring is 1. The normalized spacial score (nSPS) is 10.4. The van der Waals surface area contributed by atoms with Gasteiger partial charge in [-0.05, 0) is 0 Å². The summed E-state index contributed by atoms with van der Waals surface area (Å²) in [6.45, 7) is 1.83. The predicted octanol–water partition coefficient (Wildman–Crippen LogP) is 0.669. The highest BCUT2D eigenvalue weighted by Gasteiger charge is 2.22. The molecule has 0 aromatic carbocycles. The number of nitrogens with one attached hydrogen (secondary N) is 1. The molecule has 0 radical (unpaired) electrons. The number of aromatic nitrogens is 2. The van der Waals surface area contributed by atoms with Crippen molar-refractivity contribution in [2.24, 2.45) is 5.73 Å². The van der Waals surface area contributed by atoms with E-state index < -0.39 is 5.91 Å². The topological polar surface area (TPSA) is 137 Å². The van der Waals surface area contributed by atoms with Gasteiger partial charge in [0.25, 0.3) is 5.91 Å². The van der Waals surface area contributed by atoms with E-state index >= 15 is 0 Å². The van der Waals surface area contributed by atoms with Crippen molar-refractivity contribution in [1.29, 1.82) is 0 Å². The van der Waals surface area contributed by atoms with Crippen LogP contribution in [0.3, 0.4) is 0 Å². The van der Waals surface area contributed by atoms with Crippen LogP contribution in [0.2, 0.25) is 0 Å². The molecule has 8 nitrogen and oxygen atoms in total. The molecule has 2 heterocycles. The summed E-state index contributed by atoms with van der Waals surface area (Å²) < 4.78 is 4.85. The number of nitrogens with two attached hydrogens (primary N) is 2. The number of anilines is 2. The highest BCUT2D eigenvalue weighted by molar-refractivity contribution is 7.19. The summed E-state index contributed by atoms with van der Waals surface area (Å²) in [5.41, 5.74) is 11.3. The highest BCUT2D eigenvalue weighted by Crippen LogP contribution is 2.35. The van der Waals surface area contributed by atoms with Gasteiger partial charge in [0.2, 0.25) is 5.89 Å². The van der Waals surface area contributed by atoms with Crippen molar-refractivity contribution in [3.05, 3.63) is 22.7 Å². The average molecular weight is 295 g/mol. The molecule has 106 valence electrons. The van der Waals surface area contributed by atoms with Crippen LogP contribution in [-0.4, -0.2) is 28.4 Å². The fourth-order valence-corrected chi connectivity index (χ4v) is 2.71. The van der Waals surface area contributed by atoms with Gasteiger partial charge in [0.05, 0.1) is 16.1 Å². The SMILES string of the molecule is CC(=O)c1sc(NCCc2ncno2)c(C(N)=O)c1N. The zero-order valence-corrected chi connectivity index (χ0v) is 11.5. The maximum absolute atomic E-state index is 11.4. The van der Waals surface area contributed by atoms with Crippen LogP contribution < -0.4 is 16.8 Å². The van der Waals surface area contributed by atoms with Gasteiger partial charge in [-0.25, -0.2) is 0 Å². The number of hydrogen-bond acceptors (Lipinski definition) is 8. The molecule has 2 aromatic rings. The Balaban J connectivity index is 2.16. The number of hydrogen-bond donors (Lipinski definition) is 3. The van der Waals surface area contributed by atoms with Gasteiger partial charge in [-0.1, -0.05) is 5.16 Å². The smallest absolute Gasteiger partial charge is 0.253 e. The number of nitrogens with zero attached hydrogens (tertiary/aromatic N) is 2. The number of amides is 1. The lowest BCUT2D eigenvalue weighted by molar-refractivity contribution is 0.100. The number of thiophene rings is 1. The largest absolute Gasteiger partial charge is 0.397 e. The van der Waals surface area contributed by atoms with E-state index in [2.05, 4.69) is 15.5 Å². The first-order chi connectivity index (χ1) is 9.50. The van der Waals surface area contributed by atoms with Crippen LogP contribution in [0, 0.1) is 0 Å². The first kappa shape index (κ1) is 14.0. The van der Waals surface area contributed by atoms with E-state index in [1.54, 1.807) is 0 Å². The molecule has 2 aromatic heterocycles. The number of Topliss-reactive ketones (excluding diaryl/α,β-unsaturated/α-hetero) is 1. The molecule has 0 fully saturated rings. The zero-order valence-electron chi connectivity index (χ0n) is 10.7. The fourth-order valence-electron chi connectivity index (χ4n) is 1.66. The van der Waals surface area contributed by atoms with Crippen LogP contribution in [-0.2, 0) is 6.42 Å². The van der Waals surface area contributed by atoms with E-state index in [0.717, 1.165) is 11.3 Å². The average Bonchev–Trinajstić information content (AvgIpc) is 2.97. The summed E-state index contributed by atoms with van der Waals surface area (Å²) in [5, 5.41) is 6.96. The van der Waals surface area contributed by atoms with E-state index in [1.165, 1.54) is 13.3 Å². The number of carbonyl (C=O) groups excluding carboxylic acids is 2. The van der Waals surface area contributed by atoms with Crippen molar-refractivity contribution in [3.8, 4) is 0 Å². The summed E-state index contributed by atoms with van der Waals surface area (Å²) in [5.74, 6) is -0.416. The summed E-state index contributed by atoms with van der Waals surface area (Å²) in [6, 6.07) is 0. The first-order valence-electron chi connectivity index (χ1n) is 5.73. The molecule has 0 atom stereocenters. The molecule has 2 rings (SSSR count). The molecule has 0 saturated heterocycles. The third-order valence-electron chi connectivity index (χ3n) is 2.54. The quantitative estimate of drug-likeness (QED) is 0.666. The monoisotopic (exact) mass is 295 g/mol. The predicted molar refractivity (Wildman–Crippen MR) is 73.7 cm³/mol. The van der Waals surface area contributed by atoms with Crippen LogP contribution in [0.5, 0.6) is 0 Å². The molecule has 5 N–H and O–H groups in total. The van der Waals surface area contributed by atoms with Crippen molar-refractivity contribution in [2.45, 2.75) is 13.3 Å². The minimum Gasteiger partial charge on any atom is -0.397 e. The van der Waals surface area contributed by atoms with Gasteiger partial charge in [-0.3, -0.25) is 9.59 Å². The lowest BCUT2D eigenvalue weighted by Gasteiger charge is -2.03. The van der Waals surface area contributed by atoms with Gasteiger partial charge < -0.3 is 21.3 Å². The Hall–Kier alpha value is -2.42. The molecule has 0 bridgehead atoms. The van der Waals surface area contributed by atoms with Crippen molar-refractivity contribution in [3.63, 3.8) is 0 Å². The fraction of sp³-hybridized carbons (Fsp3) is 0.273. The highest BCUT2D eigenvalue weighted by atomic mass is 32.1. The summed E-state index contributed by atoms with van der Waals surface area (Å²) in [6.07, 6.45) is 1.78. The van der Waals surface area contributed by atoms with Crippen LogP contribution in [0.25, 0.3) is 0 Å². The van der Waals surface area contributed by atoms with E-state index in [9.17, 15) is 9.59 Å². The Morgan fingerprint density at radius 1 is 1.50 bits per heavy atom. The Bertz CT molecular complexity index is 635. The van der Waals surface area contributed by atoms with E-state index in [1.807, 2.05) is 0 Å².